The van der Waals surface area contributed by atoms with Crippen LogP contribution in [-0.2, 0) is 9.59 Å². The molecule has 56 valence electrons. The molecule has 0 bridgehead atoms. The number of carbonyl (C=O) groups excluding carboxylic acids is 2. The van der Waals surface area contributed by atoms with Crippen molar-refractivity contribution < 1.29 is 9.59 Å². The number of aldehydes is 2. The van der Waals surface area contributed by atoms with Crippen LogP contribution in [0.25, 0.3) is 0 Å². The van der Waals surface area contributed by atoms with Gasteiger partial charge in [-0.05, 0) is 5.57 Å². The van der Waals surface area contributed by atoms with E-state index in [9.17, 15) is 9.59 Å². The molecule has 2 heteroatoms. The van der Waals surface area contributed by atoms with E-state index in [0.717, 1.165) is 18.1 Å². The molecule has 0 aromatic rings. The van der Waals surface area contributed by atoms with E-state index in [1.807, 2.05) is 6.08 Å². The van der Waals surface area contributed by atoms with Crippen molar-refractivity contribution in [3.8, 4) is 0 Å². The third-order valence-corrected chi connectivity index (χ3v) is 1.45. The van der Waals surface area contributed by atoms with Gasteiger partial charge in [-0.15, -0.1) is 0 Å². The predicted octanol–water partition coefficient (Wildman–Crippen LogP) is 1.20. The number of allylic oxidation sites excluding steroid dienone is 6. The fourth-order valence-electron chi connectivity index (χ4n) is 0.916. The molecule has 0 amide bonds. The highest BCUT2D eigenvalue weighted by molar-refractivity contribution is 5.84. The first-order valence-electron chi connectivity index (χ1n) is 3.36. The van der Waals surface area contributed by atoms with Gasteiger partial charge in [-0.3, -0.25) is 4.79 Å². The summed E-state index contributed by atoms with van der Waals surface area (Å²) in [6.45, 7) is 0. The average Bonchev–Trinajstić information content (AvgIpc) is 2.47. The molecule has 0 N–H and O–H groups in total. The molecular formula is C9H8O2. The Balaban J connectivity index is 2.73. The Morgan fingerprint density at radius 2 is 2.18 bits per heavy atom. The second kappa shape index (κ2) is 3.66. The number of hydrogen-bond acceptors (Lipinski definition) is 2. The summed E-state index contributed by atoms with van der Waals surface area (Å²) in [6, 6.07) is 0. The molecule has 1 rings (SSSR count). The third kappa shape index (κ3) is 1.74. The van der Waals surface area contributed by atoms with Gasteiger partial charge in [0.25, 0.3) is 0 Å². The summed E-state index contributed by atoms with van der Waals surface area (Å²) in [5, 5.41) is 0. The van der Waals surface area contributed by atoms with E-state index < -0.39 is 0 Å². The largest absolute Gasteiger partial charge is 0.303 e. The number of rotatable bonds is 3. The molecule has 1 aliphatic carbocycles. The molecule has 0 radical (unpaired) electrons. The molecule has 0 saturated carbocycles. The molecule has 0 fully saturated rings. The molecule has 0 aromatic carbocycles. The zero-order valence-electron chi connectivity index (χ0n) is 5.99. The van der Waals surface area contributed by atoms with Gasteiger partial charge in [0.15, 0.2) is 6.29 Å². The molecule has 1 aliphatic rings. The maximum Gasteiger partial charge on any atom is 0.150 e. The van der Waals surface area contributed by atoms with Crippen LogP contribution in [0.1, 0.15) is 6.42 Å². The Morgan fingerprint density at radius 1 is 1.36 bits per heavy atom. The summed E-state index contributed by atoms with van der Waals surface area (Å²) in [4.78, 5) is 20.3. The Morgan fingerprint density at radius 3 is 2.82 bits per heavy atom. The summed E-state index contributed by atoms with van der Waals surface area (Å²) in [5.74, 6) is 0. The van der Waals surface area contributed by atoms with Crippen LogP contribution >= 0.6 is 0 Å². The lowest BCUT2D eigenvalue weighted by Gasteiger charge is -1.92. The smallest absolute Gasteiger partial charge is 0.150 e. The second-order valence-corrected chi connectivity index (χ2v) is 2.16. The van der Waals surface area contributed by atoms with Crippen LogP contribution in [0.4, 0.5) is 0 Å². The molecule has 2 nitrogen and oxygen atoms in total. The van der Waals surface area contributed by atoms with Crippen LogP contribution in [0.15, 0.2) is 35.5 Å². The fraction of sp³-hybridized carbons (Fsp3) is 0.111. The van der Waals surface area contributed by atoms with Gasteiger partial charge in [0.05, 0.1) is 0 Å². The summed E-state index contributed by atoms with van der Waals surface area (Å²) >= 11 is 0. The maximum atomic E-state index is 10.3. The highest BCUT2D eigenvalue weighted by atomic mass is 16.1. The molecular weight excluding hydrogens is 140 g/mol. The van der Waals surface area contributed by atoms with E-state index in [1.54, 1.807) is 18.2 Å². The van der Waals surface area contributed by atoms with E-state index in [4.69, 9.17) is 0 Å². The molecule has 0 aliphatic heterocycles. The SMILES string of the molecule is O=CC/C=C1/C=CC=C1C=O. The Kier molecular flexibility index (Phi) is 2.55. The van der Waals surface area contributed by atoms with Crippen LogP contribution in [0.5, 0.6) is 0 Å². The lowest BCUT2D eigenvalue weighted by atomic mass is 10.1. The van der Waals surface area contributed by atoms with E-state index in [2.05, 4.69) is 0 Å². The molecule has 0 aromatic heterocycles. The second-order valence-electron chi connectivity index (χ2n) is 2.16. The van der Waals surface area contributed by atoms with Crippen LogP contribution in [-0.4, -0.2) is 12.6 Å². The molecule has 0 unspecified atom stereocenters. The van der Waals surface area contributed by atoms with Crippen LogP contribution in [0.2, 0.25) is 0 Å². The first kappa shape index (κ1) is 7.66. The summed E-state index contributed by atoms with van der Waals surface area (Å²) in [6.07, 6.45) is 9.02. The minimum atomic E-state index is 0.366. The lowest BCUT2D eigenvalue weighted by Crippen LogP contribution is -1.84. The van der Waals surface area contributed by atoms with E-state index in [-0.39, 0.29) is 0 Å². The van der Waals surface area contributed by atoms with Gasteiger partial charge < -0.3 is 4.79 Å². The van der Waals surface area contributed by atoms with E-state index >= 15 is 0 Å². The quantitative estimate of drug-likeness (QED) is 0.563. The monoisotopic (exact) mass is 148 g/mol. The Hall–Kier alpha value is -1.44. The van der Waals surface area contributed by atoms with Gasteiger partial charge in [0.2, 0.25) is 0 Å². The summed E-state index contributed by atoms with van der Waals surface area (Å²) in [5.41, 5.74) is 1.49. The topological polar surface area (TPSA) is 34.1 Å². The van der Waals surface area contributed by atoms with Gasteiger partial charge in [0.1, 0.15) is 6.29 Å². The summed E-state index contributed by atoms with van der Waals surface area (Å²) < 4.78 is 0. The molecule has 0 spiro atoms. The lowest BCUT2D eigenvalue weighted by molar-refractivity contribution is -0.107. The highest BCUT2D eigenvalue weighted by Crippen LogP contribution is 2.15. The van der Waals surface area contributed by atoms with Crippen molar-refractivity contribution in [1.82, 2.24) is 0 Å². The van der Waals surface area contributed by atoms with Gasteiger partial charge >= 0.3 is 0 Å². The van der Waals surface area contributed by atoms with Crippen molar-refractivity contribution in [3.63, 3.8) is 0 Å². The molecule has 0 atom stereocenters. The van der Waals surface area contributed by atoms with Crippen molar-refractivity contribution in [2.24, 2.45) is 0 Å². The molecule has 0 saturated heterocycles. The van der Waals surface area contributed by atoms with Crippen LogP contribution < -0.4 is 0 Å². The van der Waals surface area contributed by atoms with Crippen molar-refractivity contribution in [3.05, 3.63) is 35.5 Å². The standard InChI is InChI=1S/C9H8O2/c10-6-2-5-8-3-1-4-9(8)7-11/h1,3-7H,2H2/b8-5-. The average molecular weight is 148 g/mol. The van der Waals surface area contributed by atoms with Crippen LogP contribution in [0.3, 0.4) is 0 Å². The minimum Gasteiger partial charge on any atom is -0.303 e. The van der Waals surface area contributed by atoms with Crippen molar-refractivity contribution in [1.29, 1.82) is 0 Å². The van der Waals surface area contributed by atoms with Crippen LogP contribution in [0, 0.1) is 0 Å². The van der Waals surface area contributed by atoms with Gasteiger partial charge in [0, 0.05) is 12.0 Å². The first-order valence-corrected chi connectivity index (χ1v) is 3.36. The van der Waals surface area contributed by atoms with Crippen molar-refractivity contribution >= 4 is 12.6 Å². The van der Waals surface area contributed by atoms with Gasteiger partial charge in [-0.25, -0.2) is 0 Å². The highest BCUT2D eigenvalue weighted by Gasteiger charge is 2.02. The number of carbonyl (C=O) groups is 2. The van der Waals surface area contributed by atoms with Gasteiger partial charge in [-0.2, -0.15) is 0 Å². The Bertz CT molecular complexity index is 257. The zero-order chi connectivity index (χ0) is 8.10. The normalized spacial score (nSPS) is 18.5. The summed E-state index contributed by atoms with van der Waals surface area (Å²) in [7, 11) is 0. The predicted molar refractivity (Wildman–Crippen MR) is 42.1 cm³/mol. The van der Waals surface area contributed by atoms with E-state index in [1.165, 1.54) is 0 Å². The first-order chi connectivity index (χ1) is 5.38. The van der Waals surface area contributed by atoms with Crippen molar-refractivity contribution in [2.45, 2.75) is 6.42 Å². The van der Waals surface area contributed by atoms with E-state index in [0.29, 0.717) is 12.0 Å². The van der Waals surface area contributed by atoms with Gasteiger partial charge in [-0.1, -0.05) is 24.3 Å². The Labute approximate surface area is 64.9 Å². The minimum absolute atomic E-state index is 0.366. The van der Waals surface area contributed by atoms with Crippen molar-refractivity contribution in [2.75, 3.05) is 0 Å². The third-order valence-electron chi connectivity index (χ3n) is 1.45. The maximum absolute atomic E-state index is 10.3. The fourth-order valence-corrected chi connectivity index (χ4v) is 0.916. The number of hydrogen-bond donors (Lipinski definition) is 0. The molecule has 0 heterocycles. The molecule has 11 heavy (non-hydrogen) atoms. The zero-order valence-corrected chi connectivity index (χ0v) is 5.99.